The normalized spacial score (nSPS) is 11.6. The van der Waals surface area contributed by atoms with Crippen molar-refractivity contribution in [2.75, 3.05) is 5.73 Å². The Bertz CT molecular complexity index is 622. The van der Waals surface area contributed by atoms with Crippen LogP contribution >= 0.6 is 0 Å². The van der Waals surface area contributed by atoms with Crippen LogP contribution in [0.2, 0.25) is 0 Å². The Kier molecular flexibility index (Phi) is 3.53. The van der Waals surface area contributed by atoms with Crippen LogP contribution in [-0.2, 0) is 0 Å². The van der Waals surface area contributed by atoms with Crippen molar-refractivity contribution in [2.24, 2.45) is 0 Å². The highest BCUT2D eigenvalue weighted by molar-refractivity contribution is 5.92. The van der Waals surface area contributed by atoms with Gasteiger partial charge in [-0.1, -0.05) is 5.92 Å². The number of rotatable bonds is 3. The molecule has 96 valence electrons. The summed E-state index contributed by atoms with van der Waals surface area (Å²) in [5.74, 6) is 2.14. The maximum atomic E-state index is 11.8. The largest absolute Gasteiger partial charge is 0.399 e. The first-order valence-electron chi connectivity index (χ1n) is 5.78. The van der Waals surface area contributed by atoms with Gasteiger partial charge in [-0.2, -0.15) is 5.10 Å². The van der Waals surface area contributed by atoms with E-state index < -0.39 is 0 Å². The monoisotopic (exact) mass is 254 g/mol. The number of carbonyl (C=O) groups excluding carboxylic acids is 1. The third-order valence-corrected chi connectivity index (χ3v) is 2.58. The van der Waals surface area contributed by atoms with E-state index in [4.69, 9.17) is 12.2 Å². The van der Waals surface area contributed by atoms with E-state index in [1.165, 1.54) is 0 Å². The van der Waals surface area contributed by atoms with Crippen molar-refractivity contribution in [3.8, 4) is 18.0 Å². The summed E-state index contributed by atoms with van der Waals surface area (Å²) in [5, 5.41) is 6.84. The quantitative estimate of drug-likeness (QED) is 0.638. The number of nitrogens with zero attached hydrogens (tertiary/aromatic N) is 2. The van der Waals surface area contributed by atoms with Gasteiger partial charge in [-0.15, -0.1) is 6.42 Å². The summed E-state index contributed by atoms with van der Waals surface area (Å²) in [4.78, 5) is 11.8. The summed E-state index contributed by atoms with van der Waals surface area (Å²) in [6, 6.07) is 8.51. The summed E-state index contributed by atoms with van der Waals surface area (Å²) in [6.07, 6.45) is 6.92. The first kappa shape index (κ1) is 12.7. The maximum absolute atomic E-state index is 11.8. The van der Waals surface area contributed by atoms with Gasteiger partial charge in [0.25, 0.3) is 5.91 Å². The molecule has 19 heavy (non-hydrogen) atoms. The minimum atomic E-state index is -0.325. The van der Waals surface area contributed by atoms with Crippen LogP contribution in [0.3, 0.4) is 0 Å². The van der Waals surface area contributed by atoms with Crippen molar-refractivity contribution < 1.29 is 4.79 Å². The minimum absolute atomic E-state index is 0.292. The molecule has 0 aliphatic heterocycles. The van der Waals surface area contributed by atoms with Gasteiger partial charge in [-0.25, -0.2) is 4.68 Å². The van der Waals surface area contributed by atoms with Gasteiger partial charge in [0.15, 0.2) is 5.69 Å². The fraction of sp³-hybridized carbons (Fsp3) is 0.143. The lowest BCUT2D eigenvalue weighted by Gasteiger charge is -2.05. The average molecular weight is 254 g/mol. The molecule has 1 atom stereocenters. The lowest BCUT2D eigenvalue weighted by atomic mass is 10.3. The van der Waals surface area contributed by atoms with Crippen LogP contribution in [0.15, 0.2) is 36.5 Å². The Morgan fingerprint density at radius 1 is 1.42 bits per heavy atom. The molecule has 1 aromatic heterocycles. The zero-order valence-electron chi connectivity index (χ0n) is 10.5. The van der Waals surface area contributed by atoms with Crippen molar-refractivity contribution >= 4 is 11.6 Å². The number of amides is 1. The lowest BCUT2D eigenvalue weighted by molar-refractivity contribution is 0.0942. The Balaban J connectivity index is 2.17. The van der Waals surface area contributed by atoms with Crippen LogP contribution in [0.25, 0.3) is 5.69 Å². The van der Waals surface area contributed by atoms with Crippen LogP contribution in [0.4, 0.5) is 5.69 Å². The molecule has 1 heterocycles. The van der Waals surface area contributed by atoms with E-state index >= 15 is 0 Å². The molecule has 1 aromatic carbocycles. The topological polar surface area (TPSA) is 72.9 Å². The standard InChI is InChI=1S/C14H14N4O/c1-3-10(2)16-14(19)13-8-9-18(17-13)12-6-4-11(15)5-7-12/h1,4-10H,15H2,2H3,(H,16,19). The molecule has 2 rings (SSSR count). The molecule has 0 fully saturated rings. The van der Waals surface area contributed by atoms with Gasteiger partial charge < -0.3 is 11.1 Å². The number of hydrogen-bond acceptors (Lipinski definition) is 3. The number of anilines is 1. The van der Waals surface area contributed by atoms with Gasteiger partial charge in [-0.3, -0.25) is 4.79 Å². The molecule has 2 aromatic rings. The highest BCUT2D eigenvalue weighted by atomic mass is 16.2. The predicted octanol–water partition coefficient (Wildman–Crippen LogP) is 1.21. The van der Waals surface area contributed by atoms with E-state index in [0.717, 1.165) is 5.69 Å². The number of nitrogen functional groups attached to an aromatic ring is 1. The number of aromatic nitrogens is 2. The molecule has 1 amide bonds. The predicted molar refractivity (Wildman–Crippen MR) is 73.7 cm³/mol. The molecule has 0 spiro atoms. The Labute approximate surface area is 111 Å². The van der Waals surface area contributed by atoms with E-state index in [0.29, 0.717) is 11.4 Å². The average Bonchev–Trinajstić information content (AvgIpc) is 2.89. The van der Waals surface area contributed by atoms with E-state index in [9.17, 15) is 4.79 Å². The molecule has 0 bridgehead atoms. The van der Waals surface area contributed by atoms with Crippen LogP contribution in [0.1, 0.15) is 17.4 Å². The van der Waals surface area contributed by atoms with Gasteiger partial charge in [0.05, 0.1) is 11.7 Å². The molecular formula is C14H14N4O. The summed E-state index contributed by atoms with van der Waals surface area (Å²) < 4.78 is 1.61. The van der Waals surface area contributed by atoms with E-state index in [1.807, 2.05) is 12.1 Å². The van der Waals surface area contributed by atoms with E-state index in [1.54, 1.807) is 36.0 Å². The van der Waals surface area contributed by atoms with Gasteiger partial charge in [0.2, 0.25) is 0 Å². The Hall–Kier alpha value is -2.74. The molecule has 5 heteroatoms. The molecule has 0 saturated carbocycles. The maximum Gasteiger partial charge on any atom is 0.272 e. The molecule has 0 saturated heterocycles. The van der Waals surface area contributed by atoms with Gasteiger partial charge in [-0.05, 0) is 37.3 Å². The first-order chi connectivity index (χ1) is 9.10. The Morgan fingerprint density at radius 2 is 2.11 bits per heavy atom. The number of terminal acetylenes is 1. The second-order valence-corrected chi connectivity index (χ2v) is 4.10. The molecule has 0 radical (unpaired) electrons. The molecule has 1 unspecified atom stereocenters. The SMILES string of the molecule is C#CC(C)NC(=O)c1ccn(-c2ccc(N)cc2)n1. The molecule has 0 aliphatic carbocycles. The van der Waals surface area contributed by atoms with Crippen molar-refractivity contribution in [1.82, 2.24) is 15.1 Å². The van der Waals surface area contributed by atoms with Crippen LogP contribution in [0, 0.1) is 12.3 Å². The fourth-order valence-electron chi connectivity index (χ4n) is 1.53. The fourth-order valence-corrected chi connectivity index (χ4v) is 1.53. The van der Waals surface area contributed by atoms with Gasteiger partial charge >= 0.3 is 0 Å². The minimum Gasteiger partial charge on any atom is -0.399 e. The van der Waals surface area contributed by atoms with Crippen molar-refractivity contribution in [3.63, 3.8) is 0 Å². The molecule has 3 N–H and O–H groups in total. The number of nitrogens with one attached hydrogen (secondary N) is 1. The number of benzene rings is 1. The highest BCUT2D eigenvalue weighted by Gasteiger charge is 2.11. The summed E-state index contributed by atoms with van der Waals surface area (Å²) in [7, 11) is 0. The summed E-state index contributed by atoms with van der Waals surface area (Å²) >= 11 is 0. The number of hydrogen-bond donors (Lipinski definition) is 2. The second kappa shape index (κ2) is 5.27. The van der Waals surface area contributed by atoms with Crippen LogP contribution in [-0.4, -0.2) is 21.7 Å². The summed E-state index contributed by atoms with van der Waals surface area (Å²) in [5.41, 5.74) is 7.44. The van der Waals surface area contributed by atoms with Crippen LogP contribution in [0.5, 0.6) is 0 Å². The first-order valence-corrected chi connectivity index (χ1v) is 5.78. The van der Waals surface area contributed by atoms with E-state index in [2.05, 4.69) is 16.3 Å². The van der Waals surface area contributed by atoms with Crippen LogP contribution < -0.4 is 11.1 Å². The third-order valence-electron chi connectivity index (χ3n) is 2.58. The van der Waals surface area contributed by atoms with Crippen molar-refractivity contribution in [3.05, 3.63) is 42.2 Å². The molecular weight excluding hydrogens is 240 g/mol. The third kappa shape index (κ3) is 2.93. The smallest absolute Gasteiger partial charge is 0.272 e. The zero-order chi connectivity index (χ0) is 13.8. The van der Waals surface area contributed by atoms with Gasteiger partial charge in [0, 0.05) is 11.9 Å². The van der Waals surface area contributed by atoms with Gasteiger partial charge in [0.1, 0.15) is 0 Å². The number of carbonyl (C=O) groups is 1. The molecule has 5 nitrogen and oxygen atoms in total. The van der Waals surface area contributed by atoms with Crippen molar-refractivity contribution in [1.29, 1.82) is 0 Å². The molecule has 0 aliphatic rings. The summed E-state index contributed by atoms with van der Waals surface area (Å²) in [6.45, 7) is 1.73. The highest BCUT2D eigenvalue weighted by Crippen LogP contribution is 2.10. The Morgan fingerprint density at radius 3 is 2.74 bits per heavy atom. The second-order valence-electron chi connectivity index (χ2n) is 4.10. The zero-order valence-corrected chi connectivity index (χ0v) is 10.5. The van der Waals surface area contributed by atoms with E-state index in [-0.39, 0.29) is 11.9 Å². The number of nitrogens with two attached hydrogens (primary N) is 1. The van der Waals surface area contributed by atoms with Crippen molar-refractivity contribution in [2.45, 2.75) is 13.0 Å². The lowest BCUT2D eigenvalue weighted by Crippen LogP contribution is -2.31.